The SMILES string of the molecule is NNC(Cc1cccnc1)C1CCCC1. The van der Waals surface area contributed by atoms with Crippen LogP contribution in [0.15, 0.2) is 24.5 Å². The number of nitrogens with two attached hydrogens (primary N) is 1. The summed E-state index contributed by atoms with van der Waals surface area (Å²) in [6.07, 6.45) is 10.1. The topological polar surface area (TPSA) is 50.9 Å². The van der Waals surface area contributed by atoms with Crippen molar-refractivity contribution in [2.45, 2.75) is 38.1 Å². The summed E-state index contributed by atoms with van der Waals surface area (Å²) < 4.78 is 0. The van der Waals surface area contributed by atoms with Gasteiger partial charge in [0.05, 0.1) is 0 Å². The molecule has 3 nitrogen and oxygen atoms in total. The van der Waals surface area contributed by atoms with E-state index >= 15 is 0 Å². The normalized spacial score (nSPS) is 19.3. The summed E-state index contributed by atoms with van der Waals surface area (Å²) >= 11 is 0. The summed E-state index contributed by atoms with van der Waals surface area (Å²) in [4.78, 5) is 4.13. The van der Waals surface area contributed by atoms with Crippen LogP contribution in [0.4, 0.5) is 0 Å². The molecule has 82 valence electrons. The molecule has 1 aromatic rings. The van der Waals surface area contributed by atoms with Crippen LogP contribution in [0.25, 0.3) is 0 Å². The van der Waals surface area contributed by atoms with Gasteiger partial charge in [-0.2, -0.15) is 0 Å². The van der Waals surface area contributed by atoms with E-state index in [1.165, 1.54) is 31.2 Å². The number of pyridine rings is 1. The predicted octanol–water partition coefficient (Wildman–Crippen LogP) is 1.65. The lowest BCUT2D eigenvalue weighted by molar-refractivity contribution is 0.361. The van der Waals surface area contributed by atoms with Gasteiger partial charge >= 0.3 is 0 Å². The average Bonchev–Trinajstić information content (AvgIpc) is 2.81. The lowest BCUT2D eigenvalue weighted by Gasteiger charge is -2.22. The fourth-order valence-electron chi connectivity index (χ4n) is 2.49. The second-order valence-corrected chi connectivity index (χ2v) is 4.38. The highest BCUT2D eigenvalue weighted by Crippen LogP contribution is 2.28. The largest absolute Gasteiger partial charge is 0.271 e. The molecule has 0 aliphatic heterocycles. The summed E-state index contributed by atoms with van der Waals surface area (Å²) in [5.41, 5.74) is 4.24. The van der Waals surface area contributed by atoms with Crippen LogP contribution in [-0.4, -0.2) is 11.0 Å². The predicted molar refractivity (Wildman–Crippen MR) is 61.0 cm³/mol. The molecule has 0 amide bonds. The van der Waals surface area contributed by atoms with Crippen molar-refractivity contribution in [2.75, 3.05) is 0 Å². The highest BCUT2D eigenvalue weighted by Gasteiger charge is 2.24. The first kappa shape index (κ1) is 10.6. The minimum Gasteiger partial charge on any atom is -0.271 e. The van der Waals surface area contributed by atoms with Crippen LogP contribution in [0.1, 0.15) is 31.2 Å². The molecule has 1 saturated carbocycles. The molecule has 0 spiro atoms. The average molecular weight is 205 g/mol. The summed E-state index contributed by atoms with van der Waals surface area (Å²) in [5, 5.41) is 0. The summed E-state index contributed by atoms with van der Waals surface area (Å²) in [6.45, 7) is 0. The third-order valence-corrected chi connectivity index (χ3v) is 3.36. The summed E-state index contributed by atoms with van der Waals surface area (Å²) in [5.74, 6) is 6.38. The Hall–Kier alpha value is -0.930. The molecule has 1 heterocycles. The minimum atomic E-state index is 0.414. The Morgan fingerprint density at radius 3 is 2.87 bits per heavy atom. The van der Waals surface area contributed by atoms with Gasteiger partial charge in [-0.15, -0.1) is 0 Å². The third-order valence-electron chi connectivity index (χ3n) is 3.36. The first-order valence-corrected chi connectivity index (χ1v) is 5.75. The smallest absolute Gasteiger partial charge is 0.0300 e. The van der Waals surface area contributed by atoms with Crippen molar-refractivity contribution in [2.24, 2.45) is 11.8 Å². The molecule has 1 aromatic heterocycles. The Morgan fingerprint density at radius 2 is 2.27 bits per heavy atom. The number of nitrogens with zero attached hydrogens (tertiary/aromatic N) is 1. The fourth-order valence-corrected chi connectivity index (χ4v) is 2.49. The molecule has 0 radical (unpaired) electrons. The van der Waals surface area contributed by atoms with Crippen molar-refractivity contribution in [3.05, 3.63) is 30.1 Å². The fraction of sp³-hybridized carbons (Fsp3) is 0.583. The van der Waals surface area contributed by atoms with Crippen LogP contribution in [0.2, 0.25) is 0 Å². The van der Waals surface area contributed by atoms with Gasteiger partial charge in [-0.3, -0.25) is 16.3 Å². The van der Waals surface area contributed by atoms with Crippen LogP contribution < -0.4 is 11.3 Å². The maximum Gasteiger partial charge on any atom is 0.0300 e. The van der Waals surface area contributed by atoms with E-state index in [1.54, 1.807) is 0 Å². The van der Waals surface area contributed by atoms with Gasteiger partial charge in [-0.25, -0.2) is 0 Å². The summed E-state index contributed by atoms with van der Waals surface area (Å²) in [6, 6.07) is 4.51. The quantitative estimate of drug-likeness (QED) is 0.580. The van der Waals surface area contributed by atoms with E-state index in [1.807, 2.05) is 18.5 Å². The molecule has 0 aromatic carbocycles. The molecule has 3 N–H and O–H groups in total. The Kier molecular flexibility index (Phi) is 3.69. The number of hydrogen-bond acceptors (Lipinski definition) is 3. The van der Waals surface area contributed by atoms with E-state index in [2.05, 4.69) is 16.5 Å². The van der Waals surface area contributed by atoms with Gasteiger partial charge in [0.15, 0.2) is 0 Å². The lowest BCUT2D eigenvalue weighted by Crippen LogP contribution is -2.41. The zero-order valence-electron chi connectivity index (χ0n) is 9.02. The Labute approximate surface area is 91.1 Å². The van der Waals surface area contributed by atoms with Crippen molar-refractivity contribution in [1.29, 1.82) is 0 Å². The molecule has 1 atom stereocenters. The van der Waals surface area contributed by atoms with Gasteiger partial charge in [0.2, 0.25) is 0 Å². The highest BCUT2D eigenvalue weighted by atomic mass is 15.2. The van der Waals surface area contributed by atoms with Crippen LogP contribution in [0.5, 0.6) is 0 Å². The monoisotopic (exact) mass is 205 g/mol. The second kappa shape index (κ2) is 5.24. The van der Waals surface area contributed by atoms with Crippen molar-refractivity contribution in [3.63, 3.8) is 0 Å². The van der Waals surface area contributed by atoms with Gasteiger partial charge in [-0.05, 0) is 36.8 Å². The molecule has 0 saturated heterocycles. The van der Waals surface area contributed by atoms with E-state index in [0.29, 0.717) is 6.04 Å². The number of rotatable bonds is 4. The summed E-state index contributed by atoms with van der Waals surface area (Å²) in [7, 11) is 0. The number of hydrogen-bond donors (Lipinski definition) is 2. The molecule has 1 aliphatic rings. The first-order valence-electron chi connectivity index (χ1n) is 5.75. The van der Waals surface area contributed by atoms with E-state index in [0.717, 1.165) is 12.3 Å². The first-order chi connectivity index (χ1) is 7.40. The van der Waals surface area contributed by atoms with Crippen LogP contribution in [0.3, 0.4) is 0 Å². The highest BCUT2D eigenvalue weighted by molar-refractivity contribution is 5.10. The maximum absolute atomic E-state index is 5.63. The molecule has 3 heteroatoms. The second-order valence-electron chi connectivity index (χ2n) is 4.38. The van der Waals surface area contributed by atoms with Crippen molar-refractivity contribution in [1.82, 2.24) is 10.4 Å². The Balaban J connectivity index is 1.96. The standard InChI is InChI=1S/C12H19N3/c13-15-12(11-5-1-2-6-11)8-10-4-3-7-14-9-10/h3-4,7,9,11-12,15H,1-2,5-6,8,13H2. The van der Waals surface area contributed by atoms with Gasteiger partial charge < -0.3 is 0 Å². The third kappa shape index (κ3) is 2.76. The van der Waals surface area contributed by atoms with Crippen molar-refractivity contribution < 1.29 is 0 Å². The lowest BCUT2D eigenvalue weighted by atomic mass is 9.93. The maximum atomic E-state index is 5.63. The van der Waals surface area contributed by atoms with Gasteiger partial charge in [0.1, 0.15) is 0 Å². The zero-order chi connectivity index (χ0) is 10.5. The molecule has 2 rings (SSSR count). The number of aromatic nitrogens is 1. The van der Waals surface area contributed by atoms with Crippen LogP contribution in [-0.2, 0) is 6.42 Å². The molecular formula is C12H19N3. The molecule has 1 fully saturated rings. The molecule has 1 aliphatic carbocycles. The Bertz CT molecular complexity index is 280. The molecular weight excluding hydrogens is 186 g/mol. The minimum absolute atomic E-state index is 0.414. The van der Waals surface area contributed by atoms with E-state index < -0.39 is 0 Å². The van der Waals surface area contributed by atoms with Crippen molar-refractivity contribution in [3.8, 4) is 0 Å². The van der Waals surface area contributed by atoms with Gasteiger partial charge in [-0.1, -0.05) is 18.9 Å². The molecule has 15 heavy (non-hydrogen) atoms. The zero-order valence-corrected chi connectivity index (χ0v) is 9.02. The van der Waals surface area contributed by atoms with E-state index in [4.69, 9.17) is 5.84 Å². The van der Waals surface area contributed by atoms with Crippen LogP contribution >= 0.6 is 0 Å². The number of nitrogens with one attached hydrogen (secondary N) is 1. The molecule has 0 bridgehead atoms. The van der Waals surface area contributed by atoms with Gasteiger partial charge in [0, 0.05) is 18.4 Å². The Morgan fingerprint density at radius 1 is 1.47 bits per heavy atom. The van der Waals surface area contributed by atoms with Crippen molar-refractivity contribution >= 4 is 0 Å². The number of hydrazine groups is 1. The molecule has 1 unspecified atom stereocenters. The van der Waals surface area contributed by atoms with E-state index in [-0.39, 0.29) is 0 Å². The van der Waals surface area contributed by atoms with Gasteiger partial charge in [0.25, 0.3) is 0 Å². The van der Waals surface area contributed by atoms with E-state index in [9.17, 15) is 0 Å². The van der Waals surface area contributed by atoms with Crippen LogP contribution in [0, 0.1) is 5.92 Å².